The Hall–Kier alpha value is -3.28. The van der Waals surface area contributed by atoms with Gasteiger partial charge in [-0.2, -0.15) is 5.10 Å². The standard InChI is InChI=1S/C20H20N4O2/c1-23(17-6-3-2-4-7-17)19(25)8-5-15-24-20(26)10-9-18(22-24)16-11-13-21-14-12-16/h2-4,6-7,9-14H,5,8,15H2,1H3. The molecular formula is C20H20N4O2. The van der Waals surface area contributed by atoms with Crippen molar-refractivity contribution in [3.05, 3.63) is 77.3 Å². The fourth-order valence-corrected chi connectivity index (χ4v) is 2.63. The third-order valence-electron chi connectivity index (χ3n) is 4.12. The van der Waals surface area contributed by atoms with E-state index in [1.807, 2.05) is 42.5 Å². The predicted octanol–water partition coefficient (Wildman–Crippen LogP) is 2.75. The van der Waals surface area contributed by atoms with E-state index in [0.29, 0.717) is 25.1 Å². The van der Waals surface area contributed by atoms with Crippen LogP contribution in [0.25, 0.3) is 11.3 Å². The van der Waals surface area contributed by atoms with Crippen molar-refractivity contribution < 1.29 is 4.79 Å². The van der Waals surface area contributed by atoms with Gasteiger partial charge in [-0.05, 0) is 36.8 Å². The Morgan fingerprint density at radius 3 is 2.50 bits per heavy atom. The van der Waals surface area contributed by atoms with Crippen molar-refractivity contribution in [1.82, 2.24) is 14.8 Å². The summed E-state index contributed by atoms with van der Waals surface area (Å²) in [6, 6.07) is 16.4. The van der Waals surface area contributed by atoms with E-state index in [0.717, 1.165) is 11.3 Å². The van der Waals surface area contributed by atoms with E-state index in [1.165, 1.54) is 10.7 Å². The topological polar surface area (TPSA) is 68.1 Å². The van der Waals surface area contributed by atoms with Gasteiger partial charge in [0.2, 0.25) is 5.91 Å². The van der Waals surface area contributed by atoms with Gasteiger partial charge < -0.3 is 4.90 Å². The second-order valence-electron chi connectivity index (χ2n) is 5.91. The van der Waals surface area contributed by atoms with Crippen LogP contribution in [0.1, 0.15) is 12.8 Å². The molecule has 0 bridgehead atoms. The number of aryl methyl sites for hydroxylation is 1. The summed E-state index contributed by atoms with van der Waals surface area (Å²) < 4.78 is 1.41. The van der Waals surface area contributed by atoms with Crippen LogP contribution in [0.3, 0.4) is 0 Å². The molecule has 0 unspecified atom stereocenters. The van der Waals surface area contributed by atoms with Gasteiger partial charge in [-0.1, -0.05) is 18.2 Å². The van der Waals surface area contributed by atoms with Crippen molar-refractivity contribution in [1.29, 1.82) is 0 Å². The molecular weight excluding hydrogens is 328 g/mol. The van der Waals surface area contributed by atoms with Crippen molar-refractivity contribution in [3.8, 4) is 11.3 Å². The van der Waals surface area contributed by atoms with Crippen LogP contribution < -0.4 is 10.5 Å². The van der Waals surface area contributed by atoms with Crippen molar-refractivity contribution in [2.75, 3.05) is 11.9 Å². The SMILES string of the molecule is CN(C(=O)CCCn1nc(-c2ccncc2)ccc1=O)c1ccccc1. The number of para-hydroxylation sites is 1. The molecule has 0 atom stereocenters. The Kier molecular flexibility index (Phi) is 5.53. The first kappa shape index (κ1) is 17.5. The van der Waals surface area contributed by atoms with Crippen molar-refractivity contribution in [2.45, 2.75) is 19.4 Å². The Balaban J connectivity index is 1.63. The normalized spacial score (nSPS) is 10.5. The molecule has 3 rings (SSSR count). The molecule has 132 valence electrons. The van der Waals surface area contributed by atoms with E-state index in [-0.39, 0.29) is 11.5 Å². The average molecular weight is 348 g/mol. The molecule has 26 heavy (non-hydrogen) atoms. The second-order valence-corrected chi connectivity index (χ2v) is 5.91. The number of nitrogens with zero attached hydrogens (tertiary/aromatic N) is 4. The Morgan fingerprint density at radius 2 is 1.77 bits per heavy atom. The van der Waals surface area contributed by atoms with E-state index in [1.54, 1.807) is 30.4 Å². The molecule has 0 saturated heterocycles. The first-order chi connectivity index (χ1) is 12.6. The molecule has 6 nitrogen and oxygen atoms in total. The largest absolute Gasteiger partial charge is 0.316 e. The summed E-state index contributed by atoms with van der Waals surface area (Å²) in [6.07, 6.45) is 4.26. The van der Waals surface area contributed by atoms with Crippen LogP contribution in [0.4, 0.5) is 5.69 Å². The number of aromatic nitrogens is 3. The van der Waals surface area contributed by atoms with Crippen molar-refractivity contribution >= 4 is 11.6 Å². The zero-order valence-corrected chi connectivity index (χ0v) is 14.6. The van der Waals surface area contributed by atoms with Gasteiger partial charge >= 0.3 is 0 Å². The molecule has 0 spiro atoms. The first-order valence-corrected chi connectivity index (χ1v) is 8.45. The number of hydrogen-bond acceptors (Lipinski definition) is 4. The third kappa shape index (κ3) is 4.22. The highest BCUT2D eigenvalue weighted by Crippen LogP contribution is 2.14. The minimum atomic E-state index is -0.174. The molecule has 0 N–H and O–H groups in total. The minimum absolute atomic E-state index is 0.00883. The van der Waals surface area contributed by atoms with Gasteiger partial charge in [0, 0.05) is 49.7 Å². The number of pyridine rings is 1. The van der Waals surface area contributed by atoms with Crippen LogP contribution in [-0.2, 0) is 11.3 Å². The van der Waals surface area contributed by atoms with Crippen LogP contribution in [0.15, 0.2) is 71.8 Å². The number of carbonyl (C=O) groups excluding carboxylic acids is 1. The highest BCUT2D eigenvalue weighted by atomic mass is 16.2. The number of benzene rings is 1. The second kappa shape index (κ2) is 8.20. The van der Waals surface area contributed by atoms with E-state index in [4.69, 9.17) is 0 Å². The summed E-state index contributed by atoms with van der Waals surface area (Å²) in [5.74, 6) is 0.00883. The predicted molar refractivity (Wildman–Crippen MR) is 101 cm³/mol. The molecule has 1 amide bonds. The first-order valence-electron chi connectivity index (χ1n) is 8.45. The van der Waals surface area contributed by atoms with E-state index in [2.05, 4.69) is 10.1 Å². The van der Waals surface area contributed by atoms with Gasteiger partial charge in [-0.15, -0.1) is 0 Å². The van der Waals surface area contributed by atoms with Gasteiger partial charge in [-0.3, -0.25) is 14.6 Å². The number of rotatable bonds is 6. The van der Waals surface area contributed by atoms with Gasteiger partial charge in [0.25, 0.3) is 5.56 Å². The number of anilines is 1. The summed E-state index contributed by atoms with van der Waals surface area (Å²) in [5.41, 5.74) is 2.28. The maximum atomic E-state index is 12.3. The minimum Gasteiger partial charge on any atom is -0.316 e. The molecule has 1 aromatic carbocycles. The van der Waals surface area contributed by atoms with Crippen molar-refractivity contribution in [3.63, 3.8) is 0 Å². The number of amides is 1. The number of carbonyl (C=O) groups is 1. The number of hydrogen-bond donors (Lipinski definition) is 0. The molecule has 0 aliphatic carbocycles. The lowest BCUT2D eigenvalue weighted by Gasteiger charge is -2.17. The van der Waals surface area contributed by atoms with E-state index < -0.39 is 0 Å². The van der Waals surface area contributed by atoms with Gasteiger partial charge in [0.05, 0.1) is 5.69 Å². The highest BCUT2D eigenvalue weighted by molar-refractivity contribution is 5.92. The Labute approximate surface area is 151 Å². The maximum Gasteiger partial charge on any atom is 0.266 e. The summed E-state index contributed by atoms with van der Waals surface area (Å²) >= 11 is 0. The van der Waals surface area contributed by atoms with Gasteiger partial charge in [-0.25, -0.2) is 4.68 Å². The fraction of sp³-hybridized carbons (Fsp3) is 0.200. The average Bonchev–Trinajstić information content (AvgIpc) is 2.70. The molecule has 0 saturated carbocycles. The Bertz CT molecular complexity index is 923. The zero-order valence-electron chi connectivity index (χ0n) is 14.6. The fourth-order valence-electron chi connectivity index (χ4n) is 2.63. The van der Waals surface area contributed by atoms with Crippen LogP contribution in [0.2, 0.25) is 0 Å². The summed E-state index contributed by atoms with van der Waals surface area (Å²) in [7, 11) is 1.76. The molecule has 0 aliphatic rings. The third-order valence-corrected chi connectivity index (χ3v) is 4.12. The maximum absolute atomic E-state index is 12.3. The van der Waals surface area contributed by atoms with E-state index >= 15 is 0 Å². The van der Waals surface area contributed by atoms with Gasteiger partial charge in [0.15, 0.2) is 0 Å². The van der Waals surface area contributed by atoms with E-state index in [9.17, 15) is 9.59 Å². The molecule has 2 aromatic heterocycles. The zero-order chi connectivity index (χ0) is 18.4. The summed E-state index contributed by atoms with van der Waals surface area (Å²) in [5, 5.41) is 4.39. The molecule has 6 heteroatoms. The smallest absolute Gasteiger partial charge is 0.266 e. The lowest BCUT2D eigenvalue weighted by atomic mass is 10.2. The lowest BCUT2D eigenvalue weighted by molar-refractivity contribution is -0.118. The summed E-state index contributed by atoms with van der Waals surface area (Å²) in [6.45, 7) is 0.395. The quantitative estimate of drug-likeness (QED) is 0.687. The van der Waals surface area contributed by atoms with Crippen LogP contribution in [-0.4, -0.2) is 27.7 Å². The molecule has 0 fully saturated rings. The van der Waals surface area contributed by atoms with Crippen LogP contribution in [0.5, 0.6) is 0 Å². The van der Waals surface area contributed by atoms with Crippen LogP contribution >= 0.6 is 0 Å². The van der Waals surface area contributed by atoms with Crippen molar-refractivity contribution in [2.24, 2.45) is 0 Å². The highest BCUT2D eigenvalue weighted by Gasteiger charge is 2.11. The molecule has 0 aliphatic heterocycles. The lowest BCUT2D eigenvalue weighted by Crippen LogP contribution is -2.27. The molecule has 3 aromatic rings. The van der Waals surface area contributed by atoms with Gasteiger partial charge in [0.1, 0.15) is 0 Å². The molecule has 0 radical (unpaired) electrons. The molecule has 2 heterocycles. The monoisotopic (exact) mass is 348 g/mol. The summed E-state index contributed by atoms with van der Waals surface area (Å²) in [4.78, 5) is 30.0. The van der Waals surface area contributed by atoms with Crippen LogP contribution in [0, 0.1) is 0 Å². The Morgan fingerprint density at radius 1 is 1.04 bits per heavy atom.